The van der Waals surface area contributed by atoms with Gasteiger partial charge in [0.2, 0.25) is 0 Å². The van der Waals surface area contributed by atoms with Crippen LogP contribution in [0.1, 0.15) is 54.5 Å². The van der Waals surface area contributed by atoms with Crippen LogP contribution in [0.15, 0.2) is 4.52 Å². The van der Waals surface area contributed by atoms with Gasteiger partial charge in [-0.25, -0.2) is 0 Å². The van der Waals surface area contributed by atoms with Gasteiger partial charge in [0, 0.05) is 37.4 Å². The monoisotopic (exact) mass is 303 g/mol. The number of nitrogens with zero attached hydrogens (tertiary/aromatic N) is 4. The molecule has 7 heteroatoms. The summed E-state index contributed by atoms with van der Waals surface area (Å²) in [5.74, 6) is 1.37. The minimum atomic E-state index is -0.00484. The molecule has 0 aromatic carbocycles. The van der Waals surface area contributed by atoms with Gasteiger partial charge in [0.25, 0.3) is 5.89 Å². The fourth-order valence-electron chi connectivity index (χ4n) is 3.27. The van der Waals surface area contributed by atoms with Crippen LogP contribution < -0.4 is 0 Å². The molecule has 2 aliphatic heterocycles. The van der Waals surface area contributed by atoms with Gasteiger partial charge in [-0.3, -0.25) is 10.00 Å². The smallest absolute Gasteiger partial charge is 0.255 e. The number of nitrogens with one attached hydrogen (secondary N) is 1. The highest BCUT2D eigenvalue weighted by Gasteiger charge is 2.26. The third-order valence-corrected chi connectivity index (χ3v) is 4.49. The first kappa shape index (κ1) is 13.9. The van der Waals surface area contributed by atoms with E-state index in [1.165, 1.54) is 17.0 Å². The second kappa shape index (κ2) is 5.81. The highest BCUT2D eigenvalue weighted by molar-refractivity contribution is 5.27. The lowest BCUT2D eigenvalue weighted by Gasteiger charge is -2.25. The summed E-state index contributed by atoms with van der Waals surface area (Å²) < 4.78 is 10.9. The van der Waals surface area contributed by atoms with E-state index in [0.29, 0.717) is 12.4 Å². The molecule has 1 N–H and O–H groups in total. The summed E-state index contributed by atoms with van der Waals surface area (Å²) in [5.41, 5.74) is 3.80. The summed E-state index contributed by atoms with van der Waals surface area (Å²) >= 11 is 0. The number of aromatic nitrogens is 4. The fourth-order valence-corrected chi connectivity index (χ4v) is 3.27. The highest BCUT2D eigenvalue weighted by atomic mass is 16.5. The van der Waals surface area contributed by atoms with Crippen molar-refractivity contribution >= 4 is 0 Å². The van der Waals surface area contributed by atoms with Crippen molar-refractivity contribution in [2.45, 2.75) is 51.8 Å². The molecule has 2 aliphatic rings. The molecule has 118 valence electrons. The van der Waals surface area contributed by atoms with Gasteiger partial charge >= 0.3 is 0 Å². The number of ether oxygens (including phenoxy) is 1. The van der Waals surface area contributed by atoms with E-state index in [2.05, 4.69) is 32.2 Å². The number of hydrogen-bond donors (Lipinski definition) is 1. The van der Waals surface area contributed by atoms with Gasteiger partial charge in [-0.05, 0) is 19.3 Å². The van der Waals surface area contributed by atoms with Crippen molar-refractivity contribution in [1.29, 1.82) is 0 Å². The van der Waals surface area contributed by atoms with E-state index in [0.717, 1.165) is 51.2 Å². The van der Waals surface area contributed by atoms with E-state index in [1.54, 1.807) is 0 Å². The van der Waals surface area contributed by atoms with E-state index >= 15 is 0 Å². The van der Waals surface area contributed by atoms with Crippen LogP contribution in [0.2, 0.25) is 0 Å². The maximum absolute atomic E-state index is 5.59. The average Bonchev–Trinajstić information content (AvgIpc) is 3.27. The Morgan fingerprint density at radius 1 is 1.41 bits per heavy atom. The molecular weight excluding hydrogens is 282 g/mol. The Kier molecular flexibility index (Phi) is 3.67. The van der Waals surface area contributed by atoms with E-state index in [9.17, 15) is 0 Å². The van der Waals surface area contributed by atoms with Crippen molar-refractivity contribution in [3.8, 4) is 0 Å². The van der Waals surface area contributed by atoms with Gasteiger partial charge in [0.1, 0.15) is 6.10 Å². The van der Waals surface area contributed by atoms with Crippen LogP contribution in [-0.2, 0) is 30.7 Å². The van der Waals surface area contributed by atoms with Crippen LogP contribution in [0.5, 0.6) is 0 Å². The quantitative estimate of drug-likeness (QED) is 0.927. The molecule has 0 unspecified atom stereocenters. The van der Waals surface area contributed by atoms with Gasteiger partial charge in [-0.15, -0.1) is 0 Å². The summed E-state index contributed by atoms with van der Waals surface area (Å²) in [7, 11) is 0. The topological polar surface area (TPSA) is 80.1 Å². The second-order valence-corrected chi connectivity index (χ2v) is 5.99. The Morgan fingerprint density at radius 2 is 2.36 bits per heavy atom. The molecule has 7 nitrogen and oxygen atoms in total. The summed E-state index contributed by atoms with van der Waals surface area (Å²) in [6, 6.07) is 0. The molecule has 1 saturated heterocycles. The van der Waals surface area contributed by atoms with Crippen LogP contribution in [0.3, 0.4) is 0 Å². The Balaban J connectivity index is 1.43. The molecule has 0 saturated carbocycles. The SMILES string of the molecule is CCc1n[nH]c2c1CN(Cc1noc([C@@H]3CCCO3)n1)CC2. The lowest BCUT2D eigenvalue weighted by molar-refractivity contribution is 0.0835. The molecule has 0 bridgehead atoms. The number of rotatable bonds is 4. The van der Waals surface area contributed by atoms with Gasteiger partial charge in [0.15, 0.2) is 5.82 Å². The molecule has 0 aliphatic carbocycles. The number of aryl methyl sites for hydroxylation is 1. The lowest BCUT2D eigenvalue weighted by Crippen LogP contribution is -2.30. The average molecular weight is 303 g/mol. The van der Waals surface area contributed by atoms with Crippen LogP contribution in [0.25, 0.3) is 0 Å². The van der Waals surface area contributed by atoms with Gasteiger partial charge < -0.3 is 9.26 Å². The predicted molar refractivity (Wildman–Crippen MR) is 78.0 cm³/mol. The molecule has 22 heavy (non-hydrogen) atoms. The zero-order valence-electron chi connectivity index (χ0n) is 12.8. The molecule has 0 spiro atoms. The largest absolute Gasteiger partial charge is 0.368 e. The Morgan fingerprint density at radius 3 is 3.18 bits per heavy atom. The standard InChI is InChI=1S/C15H21N5O2/c1-2-11-10-8-20(6-5-12(10)18-17-11)9-14-16-15(22-19-14)13-4-3-7-21-13/h13H,2-9H2,1H3,(H,17,18)/t13-/m0/s1. The first-order valence-electron chi connectivity index (χ1n) is 8.05. The van der Waals surface area contributed by atoms with Gasteiger partial charge in [-0.2, -0.15) is 10.1 Å². The fraction of sp³-hybridized carbons (Fsp3) is 0.667. The van der Waals surface area contributed by atoms with Crippen LogP contribution in [0.4, 0.5) is 0 Å². The van der Waals surface area contributed by atoms with Crippen LogP contribution in [0, 0.1) is 0 Å². The van der Waals surface area contributed by atoms with Crippen molar-refractivity contribution in [2.75, 3.05) is 13.2 Å². The van der Waals surface area contributed by atoms with E-state index in [4.69, 9.17) is 9.26 Å². The molecule has 2 aromatic heterocycles. The zero-order valence-corrected chi connectivity index (χ0v) is 12.8. The Labute approximate surface area is 129 Å². The molecule has 1 atom stereocenters. The van der Waals surface area contributed by atoms with Crippen molar-refractivity contribution < 1.29 is 9.26 Å². The highest BCUT2D eigenvalue weighted by Crippen LogP contribution is 2.27. The van der Waals surface area contributed by atoms with Crippen molar-refractivity contribution in [3.63, 3.8) is 0 Å². The summed E-state index contributed by atoms with van der Waals surface area (Å²) in [6.45, 7) is 5.53. The number of hydrogen-bond acceptors (Lipinski definition) is 6. The van der Waals surface area contributed by atoms with E-state index in [-0.39, 0.29) is 6.10 Å². The maximum Gasteiger partial charge on any atom is 0.255 e. The van der Waals surface area contributed by atoms with Crippen LogP contribution >= 0.6 is 0 Å². The summed E-state index contributed by atoms with van der Waals surface area (Å²) in [4.78, 5) is 6.85. The second-order valence-electron chi connectivity index (χ2n) is 5.99. The van der Waals surface area contributed by atoms with Crippen molar-refractivity contribution in [3.05, 3.63) is 28.7 Å². The first-order chi connectivity index (χ1) is 10.8. The molecule has 4 rings (SSSR count). The minimum Gasteiger partial charge on any atom is -0.368 e. The van der Waals surface area contributed by atoms with Crippen molar-refractivity contribution in [2.24, 2.45) is 0 Å². The minimum absolute atomic E-state index is 0.00484. The normalized spacial score (nSPS) is 22.1. The van der Waals surface area contributed by atoms with E-state index < -0.39 is 0 Å². The molecule has 0 amide bonds. The third kappa shape index (κ3) is 2.55. The Hall–Kier alpha value is -1.73. The van der Waals surface area contributed by atoms with Gasteiger partial charge in [-0.1, -0.05) is 12.1 Å². The lowest BCUT2D eigenvalue weighted by atomic mass is 10.0. The summed E-state index contributed by atoms with van der Waals surface area (Å²) in [5, 5.41) is 11.7. The first-order valence-corrected chi connectivity index (χ1v) is 8.05. The number of H-pyrrole nitrogens is 1. The molecule has 2 aromatic rings. The predicted octanol–water partition coefficient (Wildman–Crippen LogP) is 1.76. The van der Waals surface area contributed by atoms with Crippen molar-refractivity contribution in [1.82, 2.24) is 25.2 Å². The molecule has 4 heterocycles. The maximum atomic E-state index is 5.59. The molecule has 1 fully saturated rings. The van der Waals surface area contributed by atoms with Crippen LogP contribution in [-0.4, -0.2) is 38.4 Å². The van der Waals surface area contributed by atoms with Gasteiger partial charge in [0.05, 0.1) is 12.2 Å². The third-order valence-electron chi connectivity index (χ3n) is 4.49. The summed E-state index contributed by atoms with van der Waals surface area (Å²) in [6.07, 6.45) is 4.00. The molecular formula is C15H21N5O2. The van der Waals surface area contributed by atoms with E-state index in [1.807, 2.05) is 0 Å². The zero-order chi connectivity index (χ0) is 14.9. The Bertz CT molecular complexity index is 631. The number of fused-ring (bicyclic) bond motifs is 1. The molecule has 0 radical (unpaired) electrons. The number of aromatic amines is 1.